The first-order chi connectivity index (χ1) is 9.65. The summed E-state index contributed by atoms with van der Waals surface area (Å²) < 4.78 is 0. The Morgan fingerprint density at radius 2 is 1.90 bits per heavy atom. The first kappa shape index (κ1) is 14.1. The number of aryl methyl sites for hydroxylation is 2. The molecule has 0 atom stereocenters. The van der Waals surface area contributed by atoms with Gasteiger partial charge in [-0.25, -0.2) is 0 Å². The number of benzene rings is 2. The summed E-state index contributed by atoms with van der Waals surface area (Å²) in [5, 5.41) is 2.90. The molecule has 0 radical (unpaired) electrons. The second-order valence-corrected chi connectivity index (χ2v) is 4.89. The highest BCUT2D eigenvalue weighted by Crippen LogP contribution is 2.07. The molecular formula is C18H19NO. The van der Waals surface area contributed by atoms with E-state index < -0.39 is 0 Å². The molecule has 0 unspecified atom stereocenters. The Bertz CT molecular complexity index is 629. The van der Waals surface area contributed by atoms with Gasteiger partial charge in [0, 0.05) is 12.6 Å². The minimum Gasteiger partial charge on any atom is -0.348 e. The van der Waals surface area contributed by atoms with Crippen molar-refractivity contribution in [2.24, 2.45) is 0 Å². The highest BCUT2D eigenvalue weighted by atomic mass is 16.1. The second-order valence-electron chi connectivity index (χ2n) is 4.89. The van der Waals surface area contributed by atoms with Gasteiger partial charge >= 0.3 is 0 Å². The average Bonchev–Trinajstić information content (AvgIpc) is 2.44. The minimum absolute atomic E-state index is 0.0743. The maximum atomic E-state index is 11.8. The molecule has 0 heterocycles. The molecule has 2 rings (SSSR count). The lowest BCUT2D eigenvalue weighted by Gasteiger charge is -2.05. The van der Waals surface area contributed by atoms with Gasteiger partial charge in [-0.15, -0.1) is 0 Å². The third-order valence-corrected chi connectivity index (χ3v) is 3.18. The van der Waals surface area contributed by atoms with Gasteiger partial charge in [0.1, 0.15) is 0 Å². The zero-order valence-corrected chi connectivity index (χ0v) is 11.9. The number of carbonyl (C=O) groups excluding carboxylic acids is 1. The summed E-state index contributed by atoms with van der Waals surface area (Å²) in [5.74, 6) is -0.0743. The number of hydrogen-bond acceptors (Lipinski definition) is 1. The van der Waals surface area contributed by atoms with Crippen molar-refractivity contribution in [3.8, 4) is 0 Å². The van der Waals surface area contributed by atoms with Crippen molar-refractivity contribution in [1.29, 1.82) is 0 Å². The van der Waals surface area contributed by atoms with E-state index >= 15 is 0 Å². The lowest BCUT2D eigenvalue weighted by Crippen LogP contribution is -2.20. The number of carbonyl (C=O) groups is 1. The van der Waals surface area contributed by atoms with Crippen LogP contribution < -0.4 is 5.32 Å². The summed E-state index contributed by atoms with van der Waals surface area (Å²) in [6.07, 6.45) is 3.41. The first-order valence-corrected chi connectivity index (χ1v) is 6.72. The predicted molar refractivity (Wildman–Crippen MR) is 83.2 cm³/mol. The van der Waals surface area contributed by atoms with Crippen LogP contribution in [0.2, 0.25) is 0 Å². The van der Waals surface area contributed by atoms with Crippen LogP contribution in [0.5, 0.6) is 0 Å². The molecular weight excluding hydrogens is 246 g/mol. The van der Waals surface area contributed by atoms with Crippen LogP contribution in [0, 0.1) is 13.8 Å². The van der Waals surface area contributed by atoms with Crippen LogP contribution in [0.3, 0.4) is 0 Å². The van der Waals surface area contributed by atoms with Gasteiger partial charge < -0.3 is 5.32 Å². The minimum atomic E-state index is -0.0743. The van der Waals surface area contributed by atoms with Crippen molar-refractivity contribution in [2.45, 2.75) is 20.4 Å². The Hall–Kier alpha value is -2.35. The van der Waals surface area contributed by atoms with Gasteiger partial charge in [-0.1, -0.05) is 54.1 Å². The Balaban J connectivity index is 1.91. The molecule has 2 nitrogen and oxygen atoms in total. The number of rotatable bonds is 4. The summed E-state index contributed by atoms with van der Waals surface area (Å²) in [6.45, 7) is 4.64. The van der Waals surface area contributed by atoms with Crippen molar-refractivity contribution in [3.63, 3.8) is 0 Å². The summed E-state index contributed by atoms with van der Waals surface area (Å²) in [5.41, 5.74) is 4.56. The van der Waals surface area contributed by atoms with Crippen molar-refractivity contribution in [1.82, 2.24) is 5.32 Å². The van der Waals surface area contributed by atoms with Gasteiger partial charge in [0.25, 0.3) is 0 Å². The summed E-state index contributed by atoms with van der Waals surface area (Å²) in [7, 11) is 0. The van der Waals surface area contributed by atoms with Crippen LogP contribution in [0.25, 0.3) is 6.08 Å². The third kappa shape index (κ3) is 4.09. The van der Waals surface area contributed by atoms with Gasteiger partial charge in [0.2, 0.25) is 5.91 Å². The van der Waals surface area contributed by atoms with Crippen LogP contribution >= 0.6 is 0 Å². The summed E-state index contributed by atoms with van der Waals surface area (Å²) in [4.78, 5) is 11.8. The lowest BCUT2D eigenvalue weighted by molar-refractivity contribution is -0.116. The van der Waals surface area contributed by atoms with E-state index in [0.29, 0.717) is 6.54 Å². The van der Waals surface area contributed by atoms with Crippen LogP contribution in [0.15, 0.2) is 54.6 Å². The fourth-order valence-electron chi connectivity index (χ4n) is 2.00. The molecule has 1 amide bonds. The van der Waals surface area contributed by atoms with Crippen molar-refractivity contribution < 1.29 is 4.79 Å². The molecule has 2 heteroatoms. The SMILES string of the molecule is Cc1cccc(/C=C/C(=O)NCc2ccccc2C)c1. The van der Waals surface area contributed by atoms with Crippen LogP contribution in [0.1, 0.15) is 22.3 Å². The van der Waals surface area contributed by atoms with Crippen molar-refractivity contribution >= 4 is 12.0 Å². The Morgan fingerprint density at radius 3 is 2.65 bits per heavy atom. The van der Waals surface area contributed by atoms with Crippen LogP contribution in [0.4, 0.5) is 0 Å². The average molecular weight is 265 g/mol. The van der Waals surface area contributed by atoms with Gasteiger partial charge in [-0.2, -0.15) is 0 Å². The molecule has 0 aliphatic heterocycles. The van der Waals surface area contributed by atoms with E-state index in [-0.39, 0.29) is 5.91 Å². The fourth-order valence-corrected chi connectivity index (χ4v) is 2.00. The summed E-state index contributed by atoms with van der Waals surface area (Å²) in [6, 6.07) is 16.1. The van der Waals surface area contributed by atoms with E-state index in [0.717, 1.165) is 11.1 Å². The highest BCUT2D eigenvalue weighted by molar-refractivity contribution is 5.91. The molecule has 0 spiro atoms. The lowest BCUT2D eigenvalue weighted by atomic mass is 10.1. The molecule has 0 fully saturated rings. The van der Waals surface area contributed by atoms with E-state index in [1.54, 1.807) is 6.08 Å². The second kappa shape index (κ2) is 6.71. The number of hydrogen-bond donors (Lipinski definition) is 1. The first-order valence-electron chi connectivity index (χ1n) is 6.72. The van der Waals surface area contributed by atoms with Gasteiger partial charge in [-0.05, 0) is 36.6 Å². The summed E-state index contributed by atoms with van der Waals surface area (Å²) >= 11 is 0. The Labute approximate surface area is 120 Å². The molecule has 102 valence electrons. The van der Waals surface area contributed by atoms with Gasteiger partial charge in [0.15, 0.2) is 0 Å². The molecule has 1 N–H and O–H groups in total. The standard InChI is InChI=1S/C18H19NO/c1-14-6-5-8-16(12-14)10-11-18(20)19-13-17-9-4-3-7-15(17)2/h3-12H,13H2,1-2H3,(H,19,20)/b11-10+. The Kier molecular flexibility index (Phi) is 4.72. The molecule has 2 aromatic rings. The van der Waals surface area contributed by atoms with Crippen LogP contribution in [-0.2, 0) is 11.3 Å². The molecule has 0 saturated heterocycles. The van der Waals surface area contributed by atoms with Gasteiger partial charge in [-0.3, -0.25) is 4.79 Å². The van der Waals surface area contributed by atoms with E-state index in [1.165, 1.54) is 11.1 Å². The van der Waals surface area contributed by atoms with Crippen LogP contribution in [-0.4, -0.2) is 5.91 Å². The van der Waals surface area contributed by atoms with Crippen molar-refractivity contribution in [3.05, 3.63) is 76.9 Å². The molecule has 2 aromatic carbocycles. The topological polar surface area (TPSA) is 29.1 Å². The predicted octanol–water partition coefficient (Wildman–Crippen LogP) is 3.63. The third-order valence-electron chi connectivity index (χ3n) is 3.18. The maximum absolute atomic E-state index is 11.8. The molecule has 0 aliphatic rings. The van der Waals surface area contributed by atoms with Gasteiger partial charge in [0.05, 0.1) is 0 Å². The van der Waals surface area contributed by atoms with E-state index in [1.807, 2.05) is 68.5 Å². The monoisotopic (exact) mass is 265 g/mol. The zero-order valence-electron chi connectivity index (χ0n) is 11.9. The fraction of sp³-hybridized carbons (Fsp3) is 0.167. The normalized spacial score (nSPS) is 10.7. The zero-order chi connectivity index (χ0) is 14.4. The molecule has 0 aliphatic carbocycles. The maximum Gasteiger partial charge on any atom is 0.244 e. The number of amides is 1. The Morgan fingerprint density at radius 1 is 1.10 bits per heavy atom. The largest absolute Gasteiger partial charge is 0.348 e. The smallest absolute Gasteiger partial charge is 0.244 e. The quantitative estimate of drug-likeness (QED) is 0.840. The molecule has 20 heavy (non-hydrogen) atoms. The van der Waals surface area contributed by atoms with E-state index in [9.17, 15) is 4.79 Å². The van der Waals surface area contributed by atoms with Crippen molar-refractivity contribution in [2.75, 3.05) is 0 Å². The van der Waals surface area contributed by atoms with E-state index in [4.69, 9.17) is 0 Å². The number of nitrogens with one attached hydrogen (secondary N) is 1. The molecule has 0 saturated carbocycles. The highest BCUT2D eigenvalue weighted by Gasteiger charge is 1.99. The molecule has 0 aromatic heterocycles. The molecule has 0 bridgehead atoms. The van der Waals surface area contributed by atoms with E-state index in [2.05, 4.69) is 5.32 Å².